The number of hydrogen-bond acceptors (Lipinski definition) is 25. The predicted octanol–water partition coefficient (Wildman–Crippen LogP) is 12.2. The number of ketones is 1. The third kappa shape index (κ3) is 32.3. The maximum absolute atomic E-state index is 13.8. The number of hydrogen-bond donors (Lipinski definition) is 8. The number of nitro benzene ring substituents is 1. The minimum absolute atomic E-state index is 0. The lowest BCUT2D eigenvalue weighted by atomic mass is 9.98. The van der Waals surface area contributed by atoms with Gasteiger partial charge in [0.25, 0.3) is 5.69 Å². The number of ether oxygens (including phenoxy) is 4. The first-order valence-corrected chi connectivity index (χ1v) is 47.2. The highest BCUT2D eigenvalue weighted by molar-refractivity contribution is 7.99. The van der Waals surface area contributed by atoms with Crippen molar-refractivity contribution in [1.29, 1.82) is 0 Å². The molecule has 11 rings (SSSR count). The molecule has 0 amide bonds. The van der Waals surface area contributed by atoms with Crippen LogP contribution in [0.15, 0.2) is 189 Å². The smallest absolute Gasteiger partial charge is 0.273 e. The third-order valence-electron chi connectivity index (χ3n) is 14.6. The Labute approximate surface area is 680 Å². The first-order chi connectivity index (χ1) is 52.2. The number of sulfonamides is 8. The molecule has 0 atom stereocenters. The van der Waals surface area contributed by atoms with Gasteiger partial charge in [-0.25, -0.2) is 101 Å². The summed E-state index contributed by atoms with van der Waals surface area (Å²) in [6.45, 7) is 0. The summed E-state index contributed by atoms with van der Waals surface area (Å²) in [5, 5.41) is 27.1. The van der Waals surface area contributed by atoms with E-state index in [9.17, 15) is 95.4 Å². The first kappa shape index (κ1) is 98.5. The minimum atomic E-state index is -4.00. The summed E-state index contributed by atoms with van der Waals surface area (Å²) in [5.74, 6) is -1.94. The number of imidazole rings is 1. The molecule has 0 saturated heterocycles. The molecule has 0 spiro atoms. The van der Waals surface area contributed by atoms with Crippen LogP contribution >= 0.6 is 23.4 Å². The van der Waals surface area contributed by atoms with Gasteiger partial charge in [0.15, 0.2) is 45.5 Å². The Morgan fingerprint density at radius 2 is 0.914 bits per heavy atom. The number of nitrogens with zero attached hydrogens (tertiary/aromatic N) is 3. The minimum Gasteiger partial charge on any atom is -0.488 e. The van der Waals surface area contributed by atoms with Crippen molar-refractivity contribution < 1.29 is 109 Å². The monoisotopic (exact) mass is 1810 g/mol. The van der Waals surface area contributed by atoms with Gasteiger partial charge in [0.2, 0.25) is 80.2 Å². The number of aryl methyl sites for hydroxylation is 2. The quantitative estimate of drug-likeness (QED) is 0.0206. The second kappa shape index (κ2) is 40.8. The van der Waals surface area contributed by atoms with Crippen LogP contribution in [0.1, 0.15) is 76.7 Å². The van der Waals surface area contributed by atoms with Crippen molar-refractivity contribution in [2.75, 3.05) is 54.9 Å². The van der Waals surface area contributed by atoms with Crippen molar-refractivity contribution in [3.05, 3.63) is 208 Å². The van der Waals surface area contributed by atoms with Crippen LogP contribution in [0.3, 0.4) is 0 Å². The Bertz CT molecular complexity index is 5870. The third-order valence-corrected chi connectivity index (χ3v) is 21.7. The summed E-state index contributed by atoms with van der Waals surface area (Å²) in [4.78, 5) is 26.1. The molecule has 47 heteroatoms. The van der Waals surface area contributed by atoms with E-state index >= 15 is 0 Å². The number of nitro groups is 1. The van der Waals surface area contributed by atoms with Crippen LogP contribution < -0.4 is 58.0 Å². The van der Waals surface area contributed by atoms with E-state index in [-0.39, 0.29) is 117 Å². The largest absolute Gasteiger partial charge is 0.488 e. The lowest BCUT2D eigenvalue weighted by molar-refractivity contribution is -0.384. The van der Waals surface area contributed by atoms with E-state index < -0.39 is 103 Å². The van der Waals surface area contributed by atoms with E-state index in [1.807, 2.05) is 0 Å². The molecular formula is C69H83ClF3N11O23S9. The molecule has 0 unspecified atom stereocenters. The van der Waals surface area contributed by atoms with Crippen molar-refractivity contribution in [1.82, 2.24) is 9.55 Å². The number of nitrogens with two attached hydrogens (primary N) is 3. The van der Waals surface area contributed by atoms with Gasteiger partial charge in [0, 0.05) is 65.6 Å². The van der Waals surface area contributed by atoms with Gasteiger partial charge >= 0.3 is 0 Å². The second-order valence-electron chi connectivity index (χ2n) is 24.4. The highest BCUT2D eigenvalue weighted by atomic mass is 35.5. The summed E-state index contributed by atoms with van der Waals surface area (Å²) >= 11 is 6.90. The Hall–Kier alpha value is -9.85. The van der Waals surface area contributed by atoms with Crippen LogP contribution in [-0.2, 0) is 93.7 Å². The molecule has 8 aromatic carbocycles. The summed E-state index contributed by atoms with van der Waals surface area (Å²) < 4.78 is 258. The molecule has 2 aliphatic carbocycles. The second-order valence-corrected chi connectivity index (χ2v) is 39.3. The number of fused-ring (bicyclic) bond motifs is 1. The molecule has 634 valence electrons. The summed E-state index contributed by atoms with van der Waals surface area (Å²) in [7, 11) is -27.9. The Morgan fingerprint density at radius 1 is 0.491 bits per heavy atom. The van der Waals surface area contributed by atoms with Gasteiger partial charge in [-0.15, -0.1) is 0 Å². The standard InChI is InChI=1S/C16H13F2NO4S.C13H13ClN2O5S2.C13H13FN2O5S2.C13H18N2O5S.C11H14N4O4S3.3CH4/c1-24(21,22)19-13-6-9-2-4-14(20)11(9)8-16(13)23-15-5-3-10(17)7-12(15)18;2*1-22(17,18)16-12-7-6-11(23(15,19)20)8-13(12)21-10-4-2-9(14)3-5-10;1-21(18,19)14-12-8-7-10(15(16)17)9-13(12)20-11-5-3-2-4-6-11;1-15-6-5-13-11(15)20-10-7-8(22(12,18)19)3-4-9(10)14-21(2,16)17;;;/h3,5-8,19H,2,4H2,1H3;2*2-8,16H,1H3,(H2,15,19,20);7-9,11,14H,2-6H2,1H3;3-7,14H,1-2H3,(H2,12,18,19);3*1H4. The summed E-state index contributed by atoms with van der Waals surface area (Å²) in [6, 6.07) is 31.5. The number of primary sulfonamides is 3. The number of carbonyl (C=O) groups excluding carboxylic acids is 1. The maximum atomic E-state index is 13.8. The molecule has 9 aromatic rings. The molecular weight excluding hydrogens is 1730 g/mol. The summed E-state index contributed by atoms with van der Waals surface area (Å²) in [6.07, 6.45) is 14.0. The number of Topliss-reactive ketones (excluding diaryl/α,β-unsaturated/α-hetero) is 1. The number of halogens is 4. The van der Waals surface area contributed by atoms with E-state index in [2.05, 4.69) is 28.6 Å². The zero-order valence-corrected chi connectivity index (χ0v) is 67.9. The lowest BCUT2D eigenvalue weighted by Gasteiger charge is -2.24. The molecule has 0 radical (unpaired) electrons. The van der Waals surface area contributed by atoms with Gasteiger partial charge in [-0.1, -0.05) is 40.3 Å². The van der Waals surface area contributed by atoms with Gasteiger partial charge in [-0.2, -0.15) is 0 Å². The molecule has 2 aliphatic rings. The number of rotatable bonds is 24. The van der Waals surface area contributed by atoms with Gasteiger partial charge in [-0.3, -0.25) is 38.5 Å². The van der Waals surface area contributed by atoms with Crippen molar-refractivity contribution >= 4 is 143 Å². The first-order valence-electron chi connectivity index (χ1n) is 31.9. The number of nitrogens with one attached hydrogen (secondary N) is 5. The predicted molar refractivity (Wildman–Crippen MR) is 437 cm³/mol. The Balaban J connectivity index is 0.000000303. The molecule has 116 heavy (non-hydrogen) atoms. The summed E-state index contributed by atoms with van der Waals surface area (Å²) in [5.41, 5.74) is 1.65. The number of aromatic nitrogens is 2. The van der Waals surface area contributed by atoms with E-state index in [4.69, 9.17) is 46.0 Å². The van der Waals surface area contributed by atoms with E-state index in [1.165, 1.54) is 78.9 Å². The fraction of sp³-hybridized carbons (Fsp3) is 0.246. The average molecular weight is 1820 g/mol. The van der Waals surface area contributed by atoms with Crippen molar-refractivity contribution in [3.63, 3.8) is 0 Å². The van der Waals surface area contributed by atoms with Crippen LogP contribution in [0.5, 0.6) is 40.2 Å². The Kier molecular flexibility index (Phi) is 34.7. The number of carbonyl (C=O) groups is 1. The van der Waals surface area contributed by atoms with Crippen LogP contribution in [0.4, 0.5) is 47.3 Å². The van der Waals surface area contributed by atoms with Crippen LogP contribution in [0.25, 0.3) is 0 Å². The molecule has 1 saturated carbocycles. The highest BCUT2D eigenvalue weighted by Gasteiger charge is 2.26. The van der Waals surface area contributed by atoms with Gasteiger partial charge < -0.3 is 23.5 Å². The van der Waals surface area contributed by atoms with Crippen molar-refractivity contribution in [2.24, 2.45) is 22.5 Å². The highest BCUT2D eigenvalue weighted by Crippen LogP contribution is 2.40. The fourth-order valence-corrected chi connectivity index (χ4v) is 15.5. The molecule has 0 aliphatic heterocycles. The number of benzene rings is 8. The van der Waals surface area contributed by atoms with Crippen molar-refractivity contribution in [2.45, 2.75) is 98.1 Å². The maximum Gasteiger partial charge on any atom is 0.273 e. The van der Waals surface area contributed by atoms with Crippen LogP contribution in [0, 0.1) is 27.6 Å². The normalized spacial score (nSPS) is 12.9. The van der Waals surface area contributed by atoms with E-state index in [0.29, 0.717) is 50.9 Å². The van der Waals surface area contributed by atoms with Gasteiger partial charge in [0.05, 0.1) is 91.5 Å². The van der Waals surface area contributed by atoms with Crippen LogP contribution in [-0.4, -0.2) is 125 Å². The zero-order chi connectivity index (χ0) is 84.0. The van der Waals surface area contributed by atoms with E-state index in [1.54, 1.807) is 48.3 Å². The van der Waals surface area contributed by atoms with Crippen LogP contribution in [0.2, 0.25) is 5.02 Å². The molecule has 34 nitrogen and oxygen atoms in total. The Morgan fingerprint density at radius 3 is 1.36 bits per heavy atom. The lowest BCUT2D eigenvalue weighted by Crippen LogP contribution is -2.21. The number of anilines is 5. The fourth-order valence-electron chi connectivity index (χ4n) is 9.84. The number of non-ortho nitro benzene ring substituents is 1. The molecule has 1 aromatic heterocycles. The van der Waals surface area contributed by atoms with Gasteiger partial charge in [-0.05, 0) is 171 Å². The van der Waals surface area contributed by atoms with E-state index in [0.717, 1.165) is 118 Å². The topological polar surface area (TPSA) is 526 Å². The average Bonchev–Trinajstić information content (AvgIpc) is 1.57. The van der Waals surface area contributed by atoms with Gasteiger partial charge in [0.1, 0.15) is 23.1 Å². The SMILES string of the molecule is C.C.C.CS(=O)(=O)Nc1cc2c(cc1Oc1ccc(F)cc1F)C(=O)CC2.CS(=O)(=O)Nc1ccc(S(N)(=O)=O)cc1Oc1ccc(Cl)cc1.CS(=O)(=O)Nc1ccc(S(N)(=O)=O)cc1Oc1ccc(F)cc1.CS(=O)(=O)Nc1ccc([N+](=O)[O-])cc1OC1CCCCC1.Cn1ccnc1Sc1cc(S(N)(=O)=O)ccc1NS(C)(=O)=O. The zero-order valence-electron chi connectivity index (χ0n) is 59.8. The molecule has 0 bridgehead atoms. The molecule has 1 heterocycles. The molecule has 11 N–H and O–H groups in total. The van der Waals surface area contributed by atoms with Crippen molar-refractivity contribution in [3.8, 4) is 40.2 Å². The molecule has 1 fully saturated rings.